The first kappa shape index (κ1) is 16.3. The highest BCUT2D eigenvalue weighted by Crippen LogP contribution is 2.31. The van der Waals surface area contributed by atoms with E-state index in [0.717, 1.165) is 33.6 Å². The van der Waals surface area contributed by atoms with Gasteiger partial charge in [0.05, 0.1) is 10.6 Å². The molecular formula is C19H18N2O2S. The molecule has 0 radical (unpaired) electrons. The van der Waals surface area contributed by atoms with Crippen LogP contribution in [-0.2, 0) is 9.84 Å². The molecule has 0 saturated carbocycles. The molecule has 3 rings (SSSR count). The molecule has 4 nitrogen and oxygen atoms in total. The van der Waals surface area contributed by atoms with Gasteiger partial charge in [-0.2, -0.15) is 0 Å². The molecule has 1 aromatic carbocycles. The standard InChI is InChI=1S/C19H18N2O2S/c1-13-10-18(15-6-8-17(9-7-15)24(3,22)23)19(21-11-13)16-5-4-14(2)20-12-16/h4-12H,1-3H3. The zero-order valence-corrected chi connectivity index (χ0v) is 14.6. The van der Waals surface area contributed by atoms with E-state index in [9.17, 15) is 8.42 Å². The Labute approximate surface area is 142 Å². The van der Waals surface area contributed by atoms with E-state index in [1.54, 1.807) is 18.3 Å². The highest BCUT2D eigenvalue weighted by molar-refractivity contribution is 7.90. The van der Waals surface area contributed by atoms with Gasteiger partial charge in [-0.3, -0.25) is 9.97 Å². The van der Waals surface area contributed by atoms with Crippen LogP contribution in [0.5, 0.6) is 0 Å². The number of hydrogen-bond donors (Lipinski definition) is 0. The lowest BCUT2D eigenvalue weighted by molar-refractivity contribution is 0.602. The molecule has 0 atom stereocenters. The third kappa shape index (κ3) is 3.36. The first-order valence-corrected chi connectivity index (χ1v) is 9.44. The minimum absolute atomic E-state index is 0.311. The van der Waals surface area contributed by atoms with Crippen LogP contribution in [0, 0.1) is 13.8 Å². The molecule has 0 saturated heterocycles. The second-order valence-corrected chi connectivity index (χ2v) is 7.91. The molecule has 2 heterocycles. The average molecular weight is 338 g/mol. The van der Waals surface area contributed by atoms with Gasteiger partial charge in [0, 0.05) is 35.5 Å². The lowest BCUT2D eigenvalue weighted by atomic mass is 9.99. The van der Waals surface area contributed by atoms with Crippen LogP contribution < -0.4 is 0 Å². The number of hydrogen-bond acceptors (Lipinski definition) is 4. The van der Waals surface area contributed by atoms with E-state index in [2.05, 4.69) is 16.0 Å². The molecule has 0 N–H and O–H groups in total. The highest BCUT2D eigenvalue weighted by atomic mass is 32.2. The monoisotopic (exact) mass is 338 g/mol. The van der Waals surface area contributed by atoms with Gasteiger partial charge in [0.1, 0.15) is 0 Å². The molecule has 5 heteroatoms. The van der Waals surface area contributed by atoms with E-state index in [0.29, 0.717) is 4.90 Å². The maximum absolute atomic E-state index is 11.6. The van der Waals surface area contributed by atoms with Crippen LogP contribution in [-0.4, -0.2) is 24.6 Å². The van der Waals surface area contributed by atoms with Crippen molar-refractivity contribution in [3.63, 3.8) is 0 Å². The molecule has 0 fully saturated rings. The molecule has 0 aliphatic rings. The summed E-state index contributed by atoms with van der Waals surface area (Å²) in [6, 6.07) is 12.9. The molecule has 0 aliphatic heterocycles. The number of pyridine rings is 2. The fourth-order valence-electron chi connectivity index (χ4n) is 2.51. The fraction of sp³-hybridized carbons (Fsp3) is 0.158. The van der Waals surface area contributed by atoms with Crippen LogP contribution in [0.4, 0.5) is 0 Å². The van der Waals surface area contributed by atoms with Gasteiger partial charge in [0.15, 0.2) is 9.84 Å². The first-order chi connectivity index (χ1) is 11.3. The van der Waals surface area contributed by atoms with E-state index >= 15 is 0 Å². The van der Waals surface area contributed by atoms with Crippen molar-refractivity contribution < 1.29 is 8.42 Å². The Kier molecular flexibility index (Phi) is 4.20. The van der Waals surface area contributed by atoms with Crippen molar-refractivity contribution in [2.24, 2.45) is 0 Å². The highest BCUT2D eigenvalue weighted by Gasteiger charge is 2.12. The summed E-state index contributed by atoms with van der Waals surface area (Å²) in [6.07, 6.45) is 4.84. The van der Waals surface area contributed by atoms with E-state index in [1.165, 1.54) is 6.26 Å². The largest absolute Gasteiger partial charge is 0.261 e. The molecule has 122 valence electrons. The summed E-state index contributed by atoms with van der Waals surface area (Å²) in [5, 5.41) is 0. The Morgan fingerprint density at radius 1 is 0.833 bits per heavy atom. The van der Waals surface area contributed by atoms with Gasteiger partial charge in [-0.1, -0.05) is 12.1 Å². The third-order valence-corrected chi connectivity index (χ3v) is 4.93. The van der Waals surface area contributed by atoms with Crippen LogP contribution >= 0.6 is 0 Å². The topological polar surface area (TPSA) is 59.9 Å². The van der Waals surface area contributed by atoms with Crippen molar-refractivity contribution in [2.45, 2.75) is 18.7 Å². The van der Waals surface area contributed by atoms with Crippen molar-refractivity contribution in [3.8, 4) is 22.4 Å². The fourth-order valence-corrected chi connectivity index (χ4v) is 3.14. The summed E-state index contributed by atoms with van der Waals surface area (Å²) in [5.74, 6) is 0. The lowest BCUT2D eigenvalue weighted by Crippen LogP contribution is -1.97. The Morgan fingerprint density at radius 2 is 1.50 bits per heavy atom. The molecule has 3 aromatic rings. The minimum atomic E-state index is -3.20. The molecular weight excluding hydrogens is 320 g/mol. The van der Waals surface area contributed by atoms with Crippen molar-refractivity contribution in [1.82, 2.24) is 9.97 Å². The van der Waals surface area contributed by atoms with E-state index in [4.69, 9.17) is 0 Å². The van der Waals surface area contributed by atoms with Gasteiger partial charge in [0.25, 0.3) is 0 Å². The van der Waals surface area contributed by atoms with E-state index < -0.39 is 9.84 Å². The van der Waals surface area contributed by atoms with Crippen LogP contribution in [0.1, 0.15) is 11.3 Å². The zero-order chi connectivity index (χ0) is 17.3. The Morgan fingerprint density at radius 3 is 2.08 bits per heavy atom. The summed E-state index contributed by atoms with van der Waals surface area (Å²) >= 11 is 0. The molecule has 0 amide bonds. The molecule has 24 heavy (non-hydrogen) atoms. The summed E-state index contributed by atoms with van der Waals surface area (Å²) < 4.78 is 23.3. The molecule has 0 bridgehead atoms. The number of aromatic nitrogens is 2. The maximum Gasteiger partial charge on any atom is 0.175 e. The minimum Gasteiger partial charge on any atom is -0.261 e. The number of rotatable bonds is 3. The summed E-state index contributed by atoms with van der Waals surface area (Å²) in [4.78, 5) is 9.22. The Balaban J connectivity index is 2.13. The number of benzene rings is 1. The predicted octanol–water partition coefficient (Wildman–Crippen LogP) is 3.83. The van der Waals surface area contributed by atoms with E-state index in [1.807, 2.05) is 44.3 Å². The van der Waals surface area contributed by atoms with Crippen LogP contribution in [0.25, 0.3) is 22.4 Å². The summed E-state index contributed by atoms with van der Waals surface area (Å²) in [6.45, 7) is 3.93. The van der Waals surface area contributed by atoms with Crippen LogP contribution in [0.2, 0.25) is 0 Å². The first-order valence-electron chi connectivity index (χ1n) is 7.55. The number of sulfone groups is 1. The zero-order valence-electron chi connectivity index (χ0n) is 13.8. The molecule has 0 unspecified atom stereocenters. The predicted molar refractivity (Wildman–Crippen MR) is 95.5 cm³/mol. The van der Waals surface area contributed by atoms with Gasteiger partial charge in [0.2, 0.25) is 0 Å². The van der Waals surface area contributed by atoms with E-state index in [-0.39, 0.29) is 0 Å². The van der Waals surface area contributed by atoms with Crippen molar-refractivity contribution in [2.75, 3.05) is 6.26 Å². The smallest absolute Gasteiger partial charge is 0.175 e. The Hall–Kier alpha value is -2.53. The summed E-state index contributed by atoms with van der Waals surface area (Å²) in [5.41, 5.74) is 5.64. The van der Waals surface area contributed by atoms with Gasteiger partial charge in [-0.05, 0) is 55.3 Å². The molecule has 0 spiro atoms. The molecule has 2 aromatic heterocycles. The van der Waals surface area contributed by atoms with Crippen molar-refractivity contribution in [3.05, 3.63) is 66.1 Å². The third-order valence-electron chi connectivity index (χ3n) is 3.80. The van der Waals surface area contributed by atoms with Gasteiger partial charge in [-0.25, -0.2) is 8.42 Å². The average Bonchev–Trinajstić information content (AvgIpc) is 2.55. The summed E-state index contributed by atoms with van der Waals surface area (Å²) in [7, 11) is -3.20. The number of nitrogens with zero attached hydrogens (tertiary/aromatic N) is 2. The number of aryl methyl sites for hydroxylation is 2. The Bertz CT molecular complexity index is 977. The maximum atomic E-state index is 11.6. The molecule has 0 aliphatic carbocycles. The quantitative estimate of drug-likeness (QED) is 0.728. The van der Waals surface area contributed by atoms with Gasteiger partial charge in [-0.15, -0.1) is 0 Å². The second-order valence-electron chi connectivity index (χ2n) is 5.89. The van der Waals surface area contributed by atoms with Crippen LogP contribution in [0.3, 0.4) is 0 Å². The van der Waals surface area contributed by atoms with Crippen molar-refractivity contribution in [1.29, 1.82) is 0 Å². The van der Waals surface area contributed by atoms with Crippen molar-refractivity contribution >= 4 is 9.84 Å². The van der Waals surface area contributed by atoms with Gasteiger partial charge < -0.3 is 0 Å². The SMILES string of the molecule is Cc1cnc(-c2ccc(C)nc2)c(-c2ccc(S(C)(=O)=O)cc2)c1. The van der Waals surface area contributed by atoms with Crippen LogP contribution in [0.15, 0.2) is 59.8 Å². The second kappa shape index (κ2) is 6.17. The van der Waals surface area contributed by atoms with Gasteiger partial charge >= 0.3 is 0 Å². The lowest BCUT2D eigenvalue weighted by Gasteiger charge is -2.11. The normalized spacial score (nSPS) is 11.5.